The standard InChI is InChI=1S/C20H20F3N7O3S/c1-30(34(2,32)33)17-14(9-6-10-24-17)11-25-16-15(20(21,22)23)12-26-19(27-16)29-28-18(31)13-7-4-3-5-8-13/h3-10,12H,11H2,1-2H3,(H,28,31)(H2,25,26,27,29). The molecule has 0 aliphatic carbocycles. The molecule has 10 nitrogen and oxygen atoms in total. The first kappa shape index (κ1) is 24.7. The molecule has 1 amide bonds. The molecule has 0 atom stereocenters. The molecule has 14 heteroatoms. The van der Waals surface area contributed by atoms with Crippen LogP contribution in [0.1, 0.15) is 21.5 Å². The number of anilines is 3. The highest BCUT2D eigenvalue weighted by Crippen LogP contribution is 2.34. The first-order valence-corrected chi connectivity index (χ1v) is 11.5. The molecule has 0 saturated heterocycles. The van der Waals surface area contributed by atoms with Gasteiger partial charge in [-0.05, 0) is 18.2 Å². The summed E-state index contributed by atoms with van der Waals surface area (Å²) in [6.45, 7) is -0.223. The number of amides is 1. The zero-order valence-electron chi connectivity index (χ0n) is 18.0. The summed E-state index contributed by atoms with van der Waals surface area (Å²) in [5.74, 6) is -1.36. The second kappa shape index (κ2) is 9.91. The molecular weight excluding hydrogens is 475 g/mol. The Balaban J connectivity index is 1.82. The Morgan fingerprint density at radius 1 is 1.09 bits per heavy atom. The van der Waals surface area contributed by atoms with Crippen LogP contribution in [0.15, 0.2) is 54.9 Å². The van der Waals surface area contributed by atoms with Crippen LogP contribution in [0.4, 0.5) is 30.8 Å². The largest absolute Gasteiger partial charge is 0.421 e. The van der Waals surface area contributed by atoms with Crippen molar-refractivity contribution >= 4 is 33.5 Å². The maximum Gasteiger partial charge on any atom is 0.421 e. The number of benzene rings is 1. The molecule has 2 aromatic heterocycles. The van der Waals surface area contributed by atoms with Crippen LogP contribution in [0.3, 0.4) is 0 Å². The fourth-order valence-corrected chi connectivity index (χ4v) is 3.22. The number of nitrogens with zero attached hydrogens (tertiary/aromatic N) is 4. The fraction of sp³-hybridized carbons (Fsp3) is 0.200. The number of carbonyl (C=O) groups is 1. The van der Waals surface area contributed by atoms with Gasteiger partial charge in [0.25, 0.3) is 5.91 Å². The molecule has 0 fully saturated rings. The SMILES string of the molecule is CN(c1ncccc1CNc1nc(NNC(=O)c2ccccc2)ncc1C(F)(F)F)S(C)(=O)=O. The summed E-state index contributed by atoms with van der Waals surface area (Å²) in [6, 6.07) is 11.2. The fourth-order valence-electron chi connectivity index (χ4n) is 2.75. The lowest BCUT2D eigenvalue weighted by Crippen LogP contribution is -2.30. The molecule has 0 spiro atoms. The van der Waals surface area contributed by atoms with Crippen molar-refractivity contribution in [3.63, 3.8) is 0 Å². The Morgan fingerprint density at radius 3 is 2.44 bits per heavy atom. The van der Waals surface area contributed by atoms with Gasteiger partial charge in [-0.3, -0.25) is 20.0 Å². The zero-order chi connectivity index (χ0) is 24.9. The van der Waals surface area contributed by atoms with Crippen LogP contribution in [-0.2, 0) is 22.7 Å². The molecule has 0 bridgehead atoms. The van der Waals surface area contributed by atoms with Gasteiger partial charge >= 0.3 is 6.18 Å². The van der Waals surface area contributed by atoms with Crippen LogP contribution in [0.25, 0.3) is 0 Å². The summed E-state index contributed by atoms with van der Waals surface area (Å²) in [7, 11) is -2.37. The Bertz CT molecular complexity index is 1270. The Labute approximate surface area is 193 Å². The van der Waals surface area contributed by atoms with Gasteiger partial charge in [-0.1, -0.05) is 24.3 Å². The highest BCUT2D eigenvalue weighted by molar-refractivity contribution is 7.92. The van der Waals surface area contributed by atoms with Gasteiger partial charge in [-0.2, -0.15) is 18.2 Å². The van der Waals surface area contributed by atoms with Crippen LogP contribution < -0.4 is 20.5 Å². The van der Waals surface area contributed by atoms with E-state index in [1.165, 1.54) is 25.4 Å². The summed E-state index contributed by atoms with van der Waals surface area (Å²) in [4.78, 5) is 23.6. The van der Waals surface area contributed by atoms with Crippen molar-refractivity contribution in [3.8, 4) is 0 Å². The lowest BCUT2D eigenvalue weighted by atomic mass is 10.2. The molecule has 3 rings (SSSR count). The Hall–Kier alpha value is -3.94. The van der Waals surface area contributed by atoms with Gasteiger partial charge in [0.05, 0.1) is 6.26 Å². The van der Waals surface area contributed by atoms with Crippen molar-refractivity contribution in [2.45, 2.75) is 12.7 Å². The number of pyridine rings is 1. The highest BCUT2D eigenvalue weighted by atomic mass is 32.2. The Morgan fingerprint density at radius 2 is 1.79 bits per heavy atom. The van der Waals surface area contributed by atoms with Crippen molar-refractivity contribution in [1.82, 2.24) is 20.4 Å². The van der Waals surface area contributed by atoms with Gasteiger partial charge in [0, 0.05) is 37.1 Å². The van der Waals surface area contributed by atoms with E-state index >= 15 is 0 Å². The molecule has 0 radical (unpaired) electrons. The van der Waals surface area contributed by atoms with Crippen LogP contribution in [0.5, 0.6) is 0 Å². The van der Waals surface area contributed by atoms with Gasteiger partial charge < -0.3 is 5.32 Å². The second-order valence-electron chi connectivity index (χ2n) is 6.97. The number of hydrogen-bond acceptors (Lipinski definition) is 8. The van der Waals surface area contributed by atoms with Crippen LogP contribution in [-0.4, -0.2) is 42.6 Å². The molecule has 2 heterocycles. The molecule has 0 aliphatic heterocycles. The van der Waals surface area contributed by atoms with Crippen LogP contribution >= 0.6 is 0 Å². The minimum atomic E-state index is -4.77. The molecule has 0 saturated carbocycles. The molecule has 0 unspecified atom stereocenters. The van der Waals surface area contributed by atoms with E-state index in [1.54, 1.807) is 30.3 Å². The lowest BCUT2D eigenvalue weighted by Gasteiger charge is -2.20. The molecule has 180 valence electrons. The topological polar surface area (TPSA) is 129 Å². The van der Waals surface area contributed by atoms with E-state index < -0.39 is 33.5 Å². The van der Waals surface area contributed by atoms with E-state index in [4.69, 9.17) is 0 Å². The van der Waals surface area contributed by atoms with Crippen molar-refractivity contribution in [1.29, 1.82) is 0 Å². The molecule has 3 aromatic rings. The van der Waals surface area contributed by atoms with E-state index in [0.29, 0.717) is 17.3 Å². The third kappa shape index (κ3) is 6.10. The first-order chi connectivity index (χ1) is 16.0. The Kier molecular flexibility index (Phi) is 7.20. The number of hydrogen-bond donors (Lipinski definition) is 3. The quantitative estimate of drug-likeness (QED) is 0.407. The van der Waals surface area contributed by atoms with Crippen molar-refractivity contribution in [2.24, 2.45) is 0 Å². The van der Waals surface area contributed by atoms with Crippen molar-refractivity contribution in [2.75, 3.05) is 28.4 Å². The number of aromatic nitrogens is 3. The highest BCUT2D eigenvalue weighted by Gasteiger charge is 2.35. The molecule has 34 heavy (non-hydrogen) atoms. The number of carbonyl (C=O) groups excluding carboxylic acids is 1. The third-order valence-electron chi connectivity index (χ3n) is 4.53. The summed E-state index contributed by atoms with van der Waals surface area (Å²) < 4.78 is 65.1. The number of alkyl halides is 3. The van der Waals surface area contributed by atoms with Crippen molar-refractivity contribution in [3.05, 3.63) is 71.5 Å². The number of sulfonamides is 1. The van der Waals surface area contributed by atoms with E-state index in [-0.39, 0.29) is 18.3 Å². The number of rotatable bonds is 8. The van der Waals surface area contributed by atoms with E-state index in [1.807, 2.05) is 0 Å². The summed E-state index contributed by atoms with van der Waals surface area (Å²) >= 11 is 0. The minimum Gasteiger partial charge on any atom is -0.365 e. The maximum absolute atomic E-state index is 13.5. The van der Waals surface area contributed by atoms with E-state index in [2.05, 4.69) is 31.1 Å². The summed E-state index contributed by atoms with van der Waals surface area (Å²) in [5.41, 5.74) is 4.18. The van der Waals surface area contributed by atoms with Gasteiger partial charge in [0.2, 0.25) is 16.0 Å². The van der Waals surface area contributed by atoms with E-state index in [9.17, 15) is 26.4 Å². The second-order valence-corrected chi connectivity index (χ2v) is 8.98. The first-order valence-electron chi connectivity index (χ1n) is 9.64. The molecule has 3 N–H and O–H groups in total. The average Bonchev–Trinajstić information content (AvgIpc) is 2.80. The molecule has 0 aliphatic rings. The predicted octanol–water partition coefficient (Wildman–Crippen LogP) is 2.66. The normalized spacial score (nSPS) is 11.6. The average molecular weight is 495 g/mol. The maximum atomic E-state index is 13.5. The van der Waals surface area contributed by atoms with Gasteiger partial charge in [-0.25, -0.2) is 18.4 Å². The van der Waals surface area contributed by atoms with Gasteiger partial charge in [0.15, 0.2) is 0 Å². The van der Waals surface area contributed by atoms with Crippen molar-refractivity contribution < 1.29 is 26.4 Å². The molecular formula is C20H20F3N7O3S. The monoisotopic (exact) mass is 495 g/mol. The smallest absolute Gasteiger partial charge is 0.365 e. The third-order valence-corrected chi connectivity index (χ3v) is 5.70. The number of hydrazine groups is 1. The summed E-state index contributed by atoms with van der Waals surface area (Å²) in [6.07, 6.45) is -1.86. The number of nitrogens with one attached hydrogen (secondary N) is 3. The van der Waals surface area contributed by atoms with Crippen LogP contribution in [0, 0.1) is 0 Å². The minimum absolute atomic E-state index is 0.0496. The zero-order valence-corrected chi connectivity index (χ0v) is 18.8. The summed E-state index contributed by atoms with van der Waals surface area (Å²) in [5, 5.41) is 2.56. The van der Waals surface area contributed by atoms with Gasteiger partial charge in [-0.15, -0.1) is 0 Å². The molecule has 1 aromatic carbocycles. The van der Waals surface area contributed by atoms with Crippen LogP contribution in [0.2, 0.25) is 0 Å². The predicted molar refractivity (Wildman–Crippen MR) is 119 cm³/mol. The van der Waals surface area contributed by atoms with E-state index in [0.717, 1.165) is 10.6 Å². The number of halogens is 3. The van der Waals surface area contributed by atoms with Gasteiger partial charge in [0.1, 0.15) is 17.2 Å². The lowest BCUT2D eigenvalue weighted by molar-refractivity contribution is -0.137.